The highest BCUT2D eigenvalue weighted by Gasteiger charge is 2.05. The number of hydrogen-bond acceptors (Lipinski definition) is 1. The fourth-order valence-corrected chi connectivity index (χ4v) is 1.08. The number of benzene rings is 1. The number of carbonyl (C=O) groups excluding carboxylic acids is 1. The van der Waals surface area contributed by atoms with Crippen molar-refractivity contribution >= 4 is 28.5 Å². The molecule has 64 valence electrons. The van der Waals surface area contributed by atoms with E-state index in [0.29, 0.717) is 0 Å². The Kier molecular flexibility index (Phi) is 1.32. The van der Waals surface area contributed by atoms with Gasteiger partial charge < -0.3 is 4.90 Å². The molecule has 1 aromatic carbocycles. The second-order valence-electron chi connectivity index (χ2n) is 2.15. The molecule has 0 bridgehead atoms. The monoisotopic (exact) mass is 281 g/mol. The summed E-state index contributed by atoms with van der Waals surface area (Å²) in [6.07, 6.45) is 0. The van der Waals surface area contributed by atoms with Gasteiger partial charge in [-0.3, -0.25) is 4.79 Å². The van der Waals surface area contributed by atoms with E-state index in [-0.39, 0.29) is 10.5 Å². The van der Waals surface area contributed by atoms with Crippen molar-refractivity contribution in [3.8, 4) is 0 Å². The molecule has 0 aliphatic rings. The third-order valence-electron chi connectivity index (χ3n) is 1.29. The molecule has 1 rings (SSSR count). The summed E-state index contributed by atoms with van der Waals surface area (Å²) < 4.78 is 43.7. The van der Waals surface area contributed by atoms with E-state index in [0.717, 1.165) is 3.57 Å². The van der Waals surface area contributed by atoms with Crippen molar-refractivity contribution in [3.05, 3.63) is 33.4 Å². The molecule has 0 heterocycles. The van der Waals surface area contributed by atoms with Gasteiger partial charge in [-0.2, -0.15) is 0 Å². The summed E-state index contributed by atoms with van der Waals surface area (Å²) in [5.74, 6) is -1.04. The third-order valence-corrected chi connectivity index (χ3v) is 2.01. The molecule has 0 saturated carbocycles. The van der Waals surface area contributed by atoms with Crippen LogP contribution in [0.4, 0.5) is 0 Å². The number of carbonyl (C=O) groups is 1. The number of nitrogens with zero attached hydrogens (tertiary/aromatic N) is 1. The van der Waals surface area contributed by atoms with Crippen molar-refractivity contribution in [2.24, 2.45) is 0 Å². The summed E-state index contributed by atoms with van der Waals surface area (Å²) in [6, 6.07) is 6.00. The average Bonchev–Trinajstić information content (AvgIpc) is 2.13. The quantitative estimate of drug-likeness (QED) is 0.721. The van der Waals surface area contributed by atoms with Crippen molar-refractivity contribution in [2.75, 3.05) is 14.0 Å². The zero-order valence-electron chi connectivity index (χ0n) is 12.0. The van der Waals surface area contributed by atoms with Crippen molar-refractivity contribution in [1.29, 1.82) is 0 Å². The molecule has 1 amide bonds. The van der Waals surface area contributed by atoms with E-state index in [9.17, 15) is 4.79 Å². The first-order valence-electron chi connectivity index (χ1n) is 6.14. The predicted octanol–water partition coefficient (Wildman–Crippen LogP) is 1.99. The van der Waals surface area contributed by atoms with Gasteiger partial charge >= 0.3 is 0 Å². The van der Waals surface area contributed by atoms with Crippen LogP contribution in [0, 0.1) is 3.57 Å². The minimum Gasteiger partial charge on any atom is -0.345 e. The lowest BCUT2D eigenvalue weighted by atomic mass is 10.2. The van der Waals surface area contributed by atoms with E-state index in [4.69, 9.17) is 8.22 Å². The van der Waals surface area contributed by atoms with Gasteiger partial charge in [0.05, 0.1) is 0 Å². The Hall–Kier alpha value is -0.580. The molecule has 1 aromatic rings. The first-order valence-corrected chi connectivity index (χ1v) is 4.21. The second kappa shape index (κ2) is 3.89. The predicted molar refractivity (Wildman–Crippen MR) is 57.2 cm³/mol. The first-order chi connectivity index (χ1) is 8.03. The van der Waals surface area contributed by atoms with E-state index < -0.39 is 19.9 Å². The molecule has 0 aliphatic heterocycles. The summed E-state index contributed by atoms with van der Waals surface area (Å²) in [5, 5.41) is 0. The normalized spacial score (nSPS) is 19.1. The van der Waals surface area contributed by atoms with E-state index in [1.165, 1.54) is 12.1 Å². The number of rotatable bonds is 1. The lowest BCUT2D eigenvalue weighted by molar-refractivity contribution is 0.0827. The molecule has 3 heteroatoms. The fraction of sp³-hybridized carbons (Fsp3) is 0.222. The minimum absolute atomic E-state index is 0.0302. The highest BCUT2D eigenvalue weighted by atomic mass is 127. The van der Waals surface area contributed by atoms with Crippen LogP contribution in [0.15, 0.2) is 24.3 Å². The molecule has 2 nitrogen and oxygen atoms in total. The molecule has 0 aliphatic carbocycles. The standard InChI is InChI=1S/C9H10INO/c1-11(2)9(12)7-3-5-8(10)6-4-7/h3-6H,1-2H3/i1D3,2D3. The van der Waals surface area contributed by atoms with Gasteiger partial charge in [-0.05, 0) is 46.9 Å². The average molecular weight is 281 g/mol. The summed E-state index contributed by atoms with van der Waals surface area (Å²) in [4.78, 5) is 11.9. The molecule has 0 saturated heterocycles. The van der Waals surface area contributed by atoms with Crippen molar-refractivity contribution < 1.29 is 13.0 Å². The van der Waals surface area contributed by atoms with Crippen LogP contribution < -0.4 is 0 Å². The van der Waals surface area contributed by atoms with Gasteiger partial charge in [0, 0.05) is 31.3 Å². The summed E-state index contributed by atoms with van der Waals surface area (Å²) in [7, 11) is 0. The Bertz CT molecular complexity index is 424. The molecule has 0 spiro atoms. The minimum atomic E-state index is -3.01. The summed E-state index contributed by atoms with van der Waals surface area (Å²) >= 11 is 2.02. The van der Waals surface area contributed by atoms with E-state index in [1.54, 1.807) is 12.1 Å². The Morgan fingerprint density at radius 1 is 1.42 bits per heavy atom. The Labute approximate surface area is 94.1 Å². The molecular weight excluding hydrogens is 265 g/mol. The Balaban J connectivity index is 3.16. The molecule has 0 radical (unpaired) electrons. The topological polar surface area (TPSA) is 20.3 Å². The highest BCUT2D eigenvalue weighted by Crippen LogP contribution is 2.07. The fourth-order valence-electron chi connectivity index (χ4n) is 0.722. The van der Waals surface area contributed by atoms with Crippen LogP contribution in [0.25, 0.3) is 0 Å². The van der Waals surface area contributed by atoms with Gasteiger partial charge in [-0.1, -0.05) is 0 Å². The molecule has 0 N–H and O–H groups in total. The SMILES string of the molecule is [2H]C([2H])([2H])N(C(=O)c1ccc(I)cc1)C([2H])([2H])[2H]. The van der Waals surface area contributed by atoms with Crippen LogP contribution >= 0.6 is 22.6 Å². The molecular formula is C9H10INO. The molecule has 0 unspecified atom stereocenters. The van der Waals surface area contributed by atoms with E-state index >= 15 is 0 Å². The first kappa shape index (κ1) is 4.09. The summed E-state index contributed by atoms with van der Waals surface area (Å²) in [5.41, 5.74) is 0.0302. The number of halogens is 1. The van der Waals surface area contributed by atoms with Gasteiger partial charge in [0.2, 0.25) is 0 Å². The zero-order valence-corrected chi connectivity index (χ0v) is 8.20. The highest BCUT2D eigenvalue weighted by molar-refractivity contribution is 14.1. The molecule has 0 fully saturated rings. The molecule has 0 atom stereocenters. The van der Waals surface area contributed by atoms with Crippen LogP contribution in [0.1, 0.15) is 18.6 Å². The zero-order chi connectivity index (χ0) is 14.1. The van der Waals surface area contributed by atoms with Crippen LogP contribution in [0.2, 0.25) is 0 Å². The third kappa shape index (κ3) is 2.20. The van der Waals surface area contributed by atoms with Gasteiger partial charge in [-0.15, -0.1) is 0 Å². The maximum absolute atomic E-state index is 12.0. The molecule has 0 aromatic heterocycles. The van der Waals surface area contributed by atoms with Gasteiger partial charge in [0.15, 0.2) is 0 Å². The lowest BCUT2D eigenvalue weighted by Crippen LogP contribution is -2.21. The molecule has 12 heavy (non-hydrogen) atoms. The lowest BCUT2D eigenvalue weighted by Gasteiger charge is -2.09. The second-order valence-corrected chi connectivity index (χ2v) is 3.39. The van der Waals surface area contributed by atoms with E-state index in [1.807, 2.05) is 22.6 Å². The van der Waals surface area contributed by atoms with Gasteiger partial charge in [-0.25, -0.2) is 0 Å². The number of amides is 1. The van der Waals surface area contributed by atoms with E-state index in [2.05, 4.69) is 0 Å². The van der Waals surface area contributed by atoms with Crippen LogP contribution in [0.3, 0.4) is 0 Å². The van der Waals surface area contributed by atoms with Crippen molar-refractivity contribution in [2.45, 2.75) is 0 Å². The maximum Gasteiger partial charge on any atom is 0.253 e. The summed E-state index contributed by atoms with van der Waals surface area (Å²) in [6.45, 7) is -6.02. The van der Waals surface area contributed by atoms with Crippen LogP contribution in [-0.2, 0) is 0 Å². The van der Waals surface area contributed by atoms with Crippen LogP contribution in [-0.4, -0.2) is 24.8 Å². The Morgan fingerprint density at radius 2 is 2.00 bits per heavy atom. The largest absolute Gasteiger partial charge is 0.345 e. The van der Waals surface area contributed by atoms with Gasteiger partial charge in [0.1, 0.15) is 0 Å². The number of hydrogen-bond donors (Lipinski definition) is 0. The van der Waals surface area contributed by atoms with Crippen molar-refractivity contribution in [1.82, 2.24) is 4.90 Å². The van der Waals surface area contributed by atoms with Gasteiger partial charge in [0.25, 0.3) is 5.91 Å². The smallest absolute Gasteiger partial charge is 0.253 e. The Morgan fingerprint density at radius 3 is 2.50 bits per heavy atom. The maximum atomic E-state index is 12.0. The van der Waals surface area contributed by atoms with Crippen LogP contribution in [0.5, 0.6) is 0 Å². The van der Waals surface area contributed by atoms with Crippen molar-refractivity contribution in [3.63, 3.8) is 0 Å².